The molecule has 17 heavy (non-hydrogen) atoms. The molecule has 0 aromatic heterocycles. The van der Waals surface area contributed by atoms with Gasteiger partial charge in [0.15, 0.2) is 0 Å². The Kier molecular flexibility index (Phi) is 5.42. The van der Waals surface area contributed by atoms with Gasteiger partial charge in [-0.15, -0.1) is 0 Å². The van der Waals surface area contributed by atoms with Gasteiger partial charge < -0.3 is 5.32 Å². The topological polar surface area (TPSA) is 39.1 Å². The minimum Gasteiger partial charge on any atom is -0.302 e. The highest BCUT2D eigenvalue weighted by molar-refractivity contribution is 5.05. The smallest absolute Gasteiger partial charge is 0.116 e. The Bertz CT molecular complexity index is 263. The van der Waals surface area contributed by atoms with E-state index in [1.807, 2.05) is 14.0 Å². The van der Waals surface area contributed by atoms with Gasteiger partial charge in [-0.25, -0.2) is 0 Å². The third kappa shape index (κ3) is 4.29. The molecule has 1 fully saturated rings. The van der Waals surface area contributed by atoms with E-state index in [1.54, 1.807) is 0 Å². The molecule has 0 heterocycles. The molecule has 98 valence electrons. The first-order valence-corrected chi connectivity index (χ1v) is 6.85. The molecule has 0 bridgehead atoms. The molecule has 0 aromatic rings. The molecule has 0 aromatic carbocycles. The van der Waals surface area contributed by atoms with Gasteiger partial charge >= 0.3 is 0 Å². The van der Waals surface area contributed by atoms with E-state index in [1.165, 1.54) is 25.7 Å². The van der Waals surface area contributed by atoms with Gasteiger partial charge in [0.2, 0.25) is 0 Å². The van der Waals surface area contributed by atoms with Crippen LogP contribution in [0.2, 0.25) is 0 Å². The van der Waals surface area contributed by atoms with Crippen LogP contribution in [-0.2, 0) is 0 Å². The predicted octanol–water partition coefficient (Wildman–Crippen LogP) is 2.39. The zero-order valence-electron chi connectivity index (χ0n) is 11.8. The molecule has 1 rings (SSSR count). The van der Waals surface area contributed by atoms with Crippen LogP contribution < -0.4 is 5.32 Å². The molecule has 1 saturated carbocycles. The minimum absolute atomic E-state index is 0.419. The SMILES string of the molecule is CNC(C)(C#N)CN(CC(C)C)C1CCCC1. The van der Waals surface area contributed by atoms with Gasteiger partial charge in [-0.3, -0.25) is 4.90 Å². The largest absolute Gasteiger partial charge is 0.302 e. The first kappa shape index (κ1) is 14.5. The fraction of sp³-hybridized carbons (Fsp3) is 0.929. The number of nitrogens with zero attached hydrogens (tertiary/aromatic N) is 2. The second-order valence-electron chi connectivity index (χ2n) is 5.96. The highest BCUT2D eigenvalue weighted by atomic mass is 15.2. The van der Waals surface area contributed by atoms with Crippen LogP contribution >= 0.6 is 0 Å². The Morgan fingerprint density at radius 1 is 1.41 bits per heavy atom. The number of nitriles is 1. The molecule has 0 amide bonds. The fourth-order valence-corrected chi connectivity index (χ4v) is 2.66. The van der Waals surface area contributed by atoms with E-state index in [-0.39, 0.29) is 0 Å². The van der Waals surface area contributed by atoms with Gasteiger partial charge in [-0.05, 0) is 32.7 Å². The molecule has 1 atom stereocenters. The van der Waals surface area contributed by atoms with Crippen LogP contribution in [0.4, 0.5) is 0 Å². The van der Waals surface area contributed by atoms with Crippen molar-refractivity contribution < 1.29 is 0 Å². The summed E-state index contributed by atoms with van der Waals surface area (Å²) in [6, 6.07) is 3.10. The van der Waals surface area contributed by atoms with Gasteiger partial charge in [0, 0.05) is 19.1 Å². The van der Waals surface area contributed by atoms with Gasteiger partial charge in [0.1, 0.15) is 5.54 Å². The Morgan fingerprint density at radius 2 is 2.00 bits per heavy atom. The first-order valence-electron chi connectivity index (χ1n) is 6.85. The molecule has 0 spiro atoms. The summed E-state index contributed by atoms with van der Waals surface area (Å²) in [6.07, 6.45) is 5.31. The van der Waals surface area contributed by atoms with E-state index in [2.05, 4.69) is 30.1 Å². The van der Waals surface area contributed by atoms with Crippen LogP contribution in [0.5, 0.6) is 0 Å². The lowest BCUT2D eigenvalue weighted by Gasteiger charge is -2.35. The maximum absolute atomic E-state index is 9.27. The lowest BCUT2D eigenvalue weighted by Crippen LogP contribution is -2.52. The standard InChI is InChI=1S/C14H27N3/c1-12(2)9-17(13-7-5-6-8-13)11-14(3,10-15)16-4/h12-13,16H,5-9,11H2,1-4H3. The normalized spacial score (nSPS) is 20.8. The molecule has 1 unspecified atom stereocenters. The summed E-state index contributed by atoms with van der Waals surface area (Å²) in [4.78, 5) is 2.53. The van der Waals surface area contributed by atoms with Crippen molar-refractivity contribution in [2.24, 2.45) is 5.92 Å². The molecule has 0 aliphatic heterocycles. The van der Waals surface area contributed by atoms with Crippen molar-refractivity contribution >= 4 is 0 Å². The fourth-order valence-electron chi connectivity index (χ4n) is 2.66. The molecule has 0 saturated heterocycles. The summed E-state index contributed by atoms with van der Waals surface area (Å²) in [7, 11) is 1.88. The minimum atomic E-state index is -0.419. The second-order valence-corrected chi connectivity index (χ2v) is 5.96. The Balaban J connectivity index is 2.66. The zero-order chi connectivity index (χ0) is 12.9. The average molecular weight is 237 g/mol. The molecule has 3 heteroatoms. The summed E-state index contributed by atoms with van der Waals surface area (Å²) in [5.74, 6) is 0.662. The molecular formula is C14H27N3. The molecule has 1 aliphatic carbocycles. The number of hydrogen-bond donors (Lipinski definition) is 1. The molecule has 1 N–H and O–H groups in total. The number of hydrogen-bond acceptors (Lipinski definition) is 3. The lowest BCUT2D eigenvalue weighted by molar-refractivity contribution is 0.147. The molecule has 3 nitrogen and oxygen atoms in total. The number of rotatable bonds is 6. The van der Waals surface area contributed by atoms with E-state index in [0.29, 0.717) is 12.0 Å². The Morgan fingerprint density at radius 3 is 2.41 bits per heavy atom. The Hall–Kier alpha value is -0.590. The highest BCUT2D eigenvalue weighted by Crippen LogP contribution is 2.25. The maximum atomic E-state index is 9.27. The molecular weight excluding hydrogens is 210 g/mol. The molecule has 1 aliphatic rings. The highest BCUT2D eigenvalue weighted by Gasteiger charge is 2.30. The van der Waals surface area contributed by atoms with Crippen molar-refractivity contribution in [1.29, 1.82) is 5.26 Å². The van der Waals surface area contributed by atoms with Gasteiger partial charge in [0.05, 0.1) is 6.07 Å². The van der Waals surface area contributed by atoms with Crippen molar-refractivity contribution in [3.8, 4) is 6.07 Å². The summed E-state index contributed by atoms with van der Waals surface area (Å²) in [5, 5.41) is 12.4. The first-order chi connectivity index (χ1) is 8.00. The van der Waals surface area contributed by atoms with Crippen LogP contribution in [0, 0.1) is 17.2 Å². The second kappa shape index (κ2) is 6.37. The number of nitrogens with one attached hydrogen (secondary N) is 1. The van der Waals surface area contributed by atoms with E-state index in [0.717, 1.165) is 13.1 Å². The maximum Gasteiger partial charge on any atom is 0.116 e. The van der Waals surface area contributed by atoms with Crippen molar-refractivity contribution in [3.05, 3.63) is 0 Å². The monoisotopic (exact) mass is 237 g/mol. The average Bonchev–Trinajstić information content (AvgIpc) is 2.81. The summed E-state index contributed by atoms with van der Waals surface area (Å²) < 4.78 is 0. The zero-order valence-corrected chi connectivity index (χ0v) is 11.8. The van der Waals surface area contributed by atoms with Crippen molar-refractivity contribution in [3.63, 3.8) is 0 Å². The summed E-state index contributed by atoms with van der Waals surface area (Å²) >= 11 is 0. The van der Waals surface area contributed by atoms with Gasteiger partial charge in [-0.1, -0.05) is 26.7 Å². The van der Waals surface area contributed by atoms with Crippen LogP contribution in [0.3, 0.4) is 0 Å². The van der Waals surface area contributed by atoms with Crippen LogP contribution in [0.25, 0.3) is 0 Å². The van der Waals surface area contributed by atoms with Crippen LogP contribution in [-0.4, -0.2) is 36.6 Å². The van der Waals surface area contributed by atoms with Gasteiger partial charge in [0.25, 0.3) is 0 Å². The summed E-state index contributed by atoms with van der Waals surface area (Å²) in [5.41, 5.74) is -0.419. The van der Waals surface area contributed by atoms with E-state index in [4.69, 9.17) is 0 Å². The van der Waals surface area contributed by atoms with E-state index >= 15 is 0 Å². The van der Waals surface area contributed by atoms with Crippen LogP contribution in [0.15, 0.2) is 0 Å². The Labute approximate surface area is 106 Å². The third-order valence-electron chi connectivity index (χ3n) is 3.76. The summed E-state index contributed by atoms with van der Waals surface area (Å²) in [6.45, 7) is 8.44. The van der Waals surface area contributed by atoms with Gasteiger partial charge in [-0.2, -0.15) is 5.26 Å². The molecule has 0 radical (unpaired) electrons. The lowest BCUT2D eigenvalue weighted by atomic mass is 10.0. The number of likely N-dealkylation sites (N-methyl/N-ethyl adjacent to an activating group) is 1. The van der Waals surface area contributed by atoms with Crippen molar-refractivity contribution in [1.82, 2.24) is 10.2 Å². The van der Waals surface area contributed by atoms with Crippen molar-refractivity contribution in [2.45, 2.75) is 58.0 Å². The van der Waals surface area contributed by atoms with Crippen LogP contribution in [0.1, 0.15) is 46.5 Å². The van der Waals surface area contributed by atoms with Crippen molar-refractivity contribution in [2.75, 3.05) is 20.1 Å². The third-order valence-corrected chi connectivity index (χ3v) is 3.76. The quantitative estimate of drug-likeness (QED) is 0.771. The van der Waals surface area contributed by atoms with E-state index < -0.39 is 5.54 Å². The predicted molar refractivity (Wildman–Crippen MR) is 71.7 cm³/mol. The van der Waals surface area contributed by atoms with E-state index in [9.17, 15) is 5.26 Å².